The Balaban J connectivity index is 0. The van der Waals surface area contributed by atoms with Crippen LogP contribution >= 0.6 is 11.6 Å². The lowest BCUT2D eigenvalue weighted by molar-refractivity contribution is 0.112. The van der Waals surface area contributed by atoms with Crippen LogP contribution in [0, 0.1) is 11.1 Å². The molecule has 1 aromatic carbocycles. The molecule has 0 aliphatic heterocycles. The van der Waals surface area contributed by atoms with Gasteiger partial charge in [-0.2, -0.15) is 10.2 Å². The quantitative estimate of drug-likeness (QED) is 0.167. The summed E-state index contributed by atoms with van der Waals surface area (Å²) in [5.74, 6) is 8.99. The molecule has 102 valence electrons. The predicted molar refractivity (Wildman–Crippen MR) is 72.5 cm³/mol. The molecule has 0 spiro atoms. The van der Waals surface area contributed by atoms with Crippen LogP contribution in [0.2, 0.25) is 5.02 Å². The van der Waals surface area contributed by atoms with E-state index in [9.17, 15) is 4.79 Å². The summed E-state index contributed by atoms with van der Waals surface area (Å²) in [7, 11) is 0. The molecule has 0 saturated carbocycles. The van der Waals surface area contributed by atoms with Crippen LogP contribution in [0.3, 0.4) is 0 Å². The van der Waals surface area contributed by atoms with Crippen molar-refractivity contribution in [2.24, 2.45) is 32.1 Å². The summed E-state index contributed by atoms with van der Waals surface area (Å²) in [6, 6.07) is 6.72. The van der Waals surface area contributed by atoms with Gasteiger partial charge in [0.05, 0.1) is 0 Å². The number of hydrazone groups is 2. The van der Waals surface area contributed by atoms with Crippen LogP contribution in [0.15, 0.2) is 44.7 Å². The highest BCUT2D eigenvalue weighted by molar-refractivity contribution is 6.30. The molecule has 9 nitrogen and oxygen atoms in total. The van der Waals surface area contributed by atoms with Crippen molar-refractivity contribution in [2.75, 3.05) is 0 Å². The minimum atomic E-state index is 0.652. The molecule has 6 N–H and O–H groups in total. The number of aldehydes is 1. The van der Waals surface area contributed by atoms with Gasteiger partial charge < -0.3 is 11.7 Å². The maximum absolute atomic E-state index is 10.1. The maximum atomic E-state index is 10.1. The lowest BCUT2D eigenvalue weighted by Crippen LogP contribution is -1.75. The first kappa shape index (κ1) is 18.7. The van der Waals surface area contributed by atoms with Crippen molar-refractivity contribution in [3.8, 4) is 0 Å². The van der Waals surface area contributed by atoms with Gasteiger partial charge in [0.2, 0.25) is 0 Å². The van der Waals surface area contributed by atoms with Gasteiger partial charge in [-0.15, -0.1) is 10.2 Å². The molecule has 0 saturated heterocycles. The van der Waals surface area contributed by atoms with Crippen molar-refractivity contribution >= 4 is 30.6 Å². The van der Waals surface area contributed by atoms with Gasteiger partial charge >= 0.3 is 0 Å². The highest BCUT2D eigenvalue weighted by Gasteiger charge is 1.86. The average molecular weight is 285 g/mol. The molecular weight excluding hydrogens is 272 g/mol. The van der Waals surface area contributed by atoms with E-state index in [1.54, 1.807) is 24.3 Å². The molecule has 0 aliphatic carbocycles. The van der Waals surface area contributed by atoms with Gasteiger partial charge in [-0.25, -0.2) is 11.1 Å². The van der Waals surface area contributed by atoms with Crippen molar-refractivity contribution in [1.29, 1.82) is 11.1 Å². The van der Waals surface area contributed by atoms with Gasteiger partial charge in [-0.05, 0) is 12.1 Å². The summed E-state index contributed by atoms with van der Waals surface area (Å²) >= 11 is 5.55. The first-order valence-electron chi connectivity index (χ1n) is 4.53. The van der Waals surface area contributed by atoms with E-state index in [0.29, 0.717) is 10.6 Å². The van der Waals surface area contributed by atoms with Gasteiger partial charge in [0.25, 0.3) is 0 Å². The third kappa shape index (κ3) is 15.3. The third-order valence-corrected chi connectivity index (χ3v) is 1.51. The topological polar surface area (TPSA) is 166 Å². The molecule has 19 heavy (non-hydrogen) atoms. The molecule has 0 radical (unpaired) electrons. The van der Waals surface area contributed by atoms with E-state index in [2.05, 4.69) is 32.1 Å². The van der Waals surface area contributed by atoms with Gasteiger partial charge in [-0.1, -0.05) is 23.7 Å². The third-order valence-electron chi connectivity index (χ3n) is 1.25. The summed E-state index contributed by atoms with van der Waals surface area (Å²) in [6.07, 6.45) is 2.68. The fourth-order valence-corrected chi connectivity index (χ4v) is 0.734. The Hall–Kier alpha value is -2.68. The zero-order valence-electron chi connectivity index (χ0n) is 9.77. The molecule has 0 unspecified atom stereocenters. The number of carbonyl (C=O) groups excluding carboxylic acids is 1. The molecule has 0 aliphatic rings. The lowest BCUT2D eigenvalue weighted by atomic mass is 10.2. The molecule has 10 heteroatoms. The number of nitrogens with two attached hydrogens (primary N) is 2. The molecule has 0 atom stereocenters. The largest absolute Gasteiger partial charge is 0.322 e. The van der Waals surface area contributed by atoms with Crippen LogP contribution in [0.1, 0.15) is 10.4 Å². The van der Waals surface area contributed by atoms with Crippen molar-refractivity contribution < 1.29 is 4.79 Å². The van der Waals surface area contributed by atoms with Gasteiger partial charge in [0.15, 0.2) is 12.7 Å². The Morgan fingerprint density at radius 3 is 1.63 bits per heavy atom. The summed E-state index contributed by atoms with van der Waals surface area (Å²) in [5.41, 5.74) is 12.6. The molecule has 1 aromatic rings. The van der Waals surface area contributed by atoms with Crippen molar-refractivity contribution in [1.82, 2.24) is 0 Å². The second-order valence-electron chi connectivity index (χ2n) is 2.46. The molecule has 0 fully saturated rings. The first-order chi connectivity index (χ1) is 9.15. The average Bonchev–Trinajstić information content (AvgIpc) is 2.43. The predicted octanol–water partition coefficient (Wildman–Crippen LogP) is 1.99. The Labute approximate surface area is 114 Å². The SMILES string of the molecule is N=NC=NN.N=NC=NN.O=Cc1ccc(Cl)cc1. The fraction of sp³-hybridized carbons (Fsp3) is 0. The Kier molecular flexibility index (Phi) is 15.1. The van der Waals surface area contributed by atoms with Crippen LogP contribution in [-0.4, -0.2) is 19.0 Å². The molecule has 1 rings (SSSR count). The monoisotopic (exact) mass is 284 g/mol. The highest BCUT2D eigenvalue weighted by Crippen LogP contribution is 2.07. The second-order valence-corrected chi connectivity index (χ2v) is 2.89. The Morgan fingerprint density at radius 2 is 1.42 bits per heavy atom. The van der Waals surface area contributed by atoms with E-state index in [4.69, 9.17) is 22.7 Å². The van der Waals surface area contributed by atoms with E-state index in [1.165, 1.54) is 0 Å². The number of hydrogen-bond donors (Lipinski definition) is 4. The highest BCUT2D eigenvalue weighted by atomic mass is 35.5. The number of hydrogen-bond acceptors (Lipinski definition) is 7. The van der Waals surface area contributed by atoms with E-state index < -0.39 is 0 Å². The number of nitrogens with one attached hydrogen (secondary N) is 2. The summed E-state index contributed by atoms with van der Waals surface area (Å²) < 4.78 is 0. The maximum Gasteiger partial charge on any atom is 0.156 e. The van der Waals surface area contributed by atoms with Crippen molar-refractivity contribution in [3.05, 3.63) is 34.9 Å². The zero-order valence-corrected chi connectivity index (χ0v) is 10.5. The molecular formula is C9H13ClN8O. The molecule has 0 amide bonds. The van der Waals surface area contributed by atoms with Crippen LogP contribution in [0.5, 0.6) is 0 Å². The normalized spacial score (nSPS) is 8.89. The van der Waals surface area contributed by atoms with Gasteiger partial charge in [0.1, 0.15) is 6.29 Å². The van der Waals surface area contributed by atoms with Crippen LogP contribution in [0.25, 0.3) is 0 Å². The number of benzene rings is 1. The zero-order chi connectivity index (χ0) is 14.9. The second kappa shape index (κ2) is 15.3. The first-order valence-corrected chi connectivity index (χ1v) is 4.91. The summed E-state index contributed by atoms with van der Waals surface area (Å²) in [6.45, 7) is 0. The minimum absolute atomic E-state index is 0.652. The smallest absolute Gasteiger partial charge is 0.156 e. The number of carbonyl (C=O) groups is 1. The van der Waals surface area contributed by atoms with Gasteiger partial charge in [0, 0.05) is 10.6 Å². The van der Waals surface area contributed by atoms with E-state index in [-0.39, 0.29) is 0 Å². The number of rotatable bonds is 3. The van der Waals surface area contributed by atoms with Gasteiger partial charge in [-0.3, -0.25) is 4.79 Å². The van der Waals surface area contributed by atoms with Crippen molar-refractivity contribution in [3.63, 3.8) is 0 Å². The van der Waals surface area contributed by atoms with Crippen molar-refractivity contribution in [2.45, 2.75) is 0 Å². The van der Waals surface area contributed by atoms with Crippen LogP contribution in [0.4, 0.5) is 0 Å². The molecule has 0 heterocycles. The van der Waals surface area contributed by atoms with Crippen LogP contribution < -0.4 is 11.7 Å². The summed E-state index contributed by atoms with van der Waals surface area (Å²) in [5, 5.41) is 11.8. The number of halogens is 1. The Morgan fingerprint density at radius 1 is 1.00 bits per heavy atom. The van der Waals surface area contributed by atoms with E-state index in [0.717, 1.165) is 19.0 Å². The standard InChI is InChI=1S/C7H5ClO.2CH4N4/c8-7-3-1-6(5-9)2-4-7;2*2-4-1-5-3/h1-5H;2*1-2H,3H2. The molecule has 0 aromatic heterocycles. The summed E-state index contributed by atoms with van der Waals surface area (Å²) in [4.78, 5) is 10.1. The van der Waals surface area contributed by atoms with E-state index >= 15 is 0 Å². The Bertz CT molecular complexity index is 401. The minimum Gasteiger partial charge on any atom is -0.322 e. The lowest BCUT2D eigenvalue weighted by Gasteiger charge is -1.87. The molecule has 0 bridgehead atoms. The van der Waals surface area contributed by atoms with E-state index in [1.807, 2.05) is 0 Å². The van der Waals surface area contributed by atoms with Crippen LogP contribution in [-0.2, 0) is 0 Å². The fourth-order valence-electron chi connectivity index (χ4n) is 0.608. The number of nitrogens with zero attached hydrogens (tertiary/aromatic N) is 4.